The fourth-order valence-electron chi connectivity index (χ4n) is 11.5. The molecule has 1 heteroatoms. The largest absolute Gasteiger partial charge is 0.310 e. The Labute approximate surface area is 369 Å². The van der Waals surface area contributed by atoms with E-state index in [9.17, 15) is 0 Å². The highest BCUT2D eigenvalue weighted by atomic mass is 15.1. The second-order valence-electron chi connectivity index (χ2n) is 17.5. The Morgan fingerprint density at radius 3 is 1.48 bits per heavy atom. The average molecular weight is 802 g/mol. The van der Waals surface area contributed by atoms with Gasteiger partial charge in [-0.3, -0.25) is 0 Å². The van der Waals surface area contributed by atoms with E-state index in [2.05, 4.69) is 241 Å². The van der Waals surface area contributed by atoms with Gasteiger partial charge in [0.05, 0.1) is 11.1 Å². The quantitative estimate of drug-likeness (QED) is 0.155. The van der Waals surface area contributed by atoms with Gasteiger partial charge in [0.1, 0.15) is 0 Å². The summed E-state index contributed by atoms with van der Waals surface area (Å²) in [5.41, 5.74) is 21.4. The molecule has 3 aliphatic rings. The average Bonchev–Trinajstić information content (AvgIpc) is 4.05. The van der Waals surface area contributed by atoms with Crippen LogP contribution in [0, 0.1) is 0 Å². The smallest absolute Gasteiger partial charge is 0.0719 e. The lowest BCUT2D eigenvalue weighted by molar-refractivity contribution is 0.775. The van der Waals surface area contributed by atoms with Crippen LogP contribution in [0.5, 0.6) is 0 Å². The molecule has 10 aromatic carbocycles. The first-order chi connectivity index (χ1) is 31.2. The number of nitrogens with zero attached hydrogens (tertiary/aromatic N) is 1. The number of anilines is 3. The lowest BCUT2D eigenvalue weighted by Crippen LogP contribution is -2.28. The highest BCUT2D eigenvalue weighted by Crippen LogP contribution is 2.64. The van der Waals surface area contributed by atoms with Gasteiger partial charge in [0, 0.05) is 22.4 Å². The van der Waals surface area contributed by atoms with Crippen LogP contribution in [0.25, 0.3) is 55.3 Å². The summed E-state index contributed by atoms with van der Waals surface area (Å²) in [6.45, 7) is 0. The highest BCUT2D eigenvalue weighted by molar-refractivity contribution is 6.10. The predicted octanol–water partition coefficient (Wildman–Crippen LogP) is 16.1. The number of hydrogen-bond donors (Lipinski definition) is 0. The van der Waals surface area contributed by atoms with Crippen molar-refractivity contribution >= 4 is 27.8 Å². The summed E-state index contributed by atoms with van der Waals surface area (Å²) >= 11 is 0. The zero-order valence-corrected chi connectivity index (χ0v) is 34.9. The van der Waals surface area contributed by atoms with Crippen LogP contribution in [-0.4, -0.2) is 0 Å². The van der Waals surface area contributed by atoms with Crippen LogP contribution in [0.4, 0.5) is 17.1 Å². The lowest BCUT2D eigenvalue weighted by Gasteiger charge is -2.35. The number of hydrogen-bond acceptors (Lipinski definition) is 1. The van der Waals surface area contributed by atoms with Gasteiger partial charge in [0.25, 0.3) is 0 Å². The molecule has 0 atom stereocenters. The molecule has 0 aliphatic heterocycles. The first kappa shape index (κ1) is 36.0. The van der Waals surface area contributed by atoms with Gasteiger partial charge in [-0.15, -0.1) is 0 Å². The van der Waals surface area contributed by atoms with Gasteiger partial charge in [-0.1, -0.05) is 206 Å². The Hall–Kier alpha value is -7.74. The molecule has 296 valence electrons. The van der Waals surface area contributed by atoms with E-state index in [-0.39, 0.29) is 5.41 Å². The molecule has 3 aliphatic carbocycles. The van der Waals surface area contributed by atoms with Crippen LogP contribution in [0.15, 0.2) is 237 Å². The maximum absolute atomic E-state index is 2.53. The molecule has 0 bridgehead atoms. The molecule has 0 heterocycles. The summed E-state index contributed by atoms with van der Waals surface area (Å²) in [5.74, 6) is 0. The predicted molar refractivity (Wildman–Crippen MR) is 262 cm³/mol. The molecule has 0 saturated heterocycles. The van der Waals surface area contributed by atoms with Gasteiger partial charge in [-0.2, -0.15) is 0 Å². The van der Waals surface area contributed by atoms with Crippen LogP contribution in [0.3, 0.4) is 0 Å². The molecule has 0 amide bonds. The minimum Gasteiger partial charge on any atom is -0.310 e. The normalized spacial score (nSPS) is 14.5. The van der Waals surface area contributed by atoms with Crippen molar-refractivity contribution < 1.29 is 0 Å². The van der Waals surface area contributed by atoms with Crippen molar-refractivity contribution in [3.8, 4) is 44.5 Å². The molecular weight excluding hydrogens is 759 g/mol. The second-order valence-corrected chi connectivity index (χ2v) is 17.5. The molecule has 0 N–H and O–H groups in total. The van der Waals surface area contributed by atoms with Crippen molar-refractivity contribution in [1.29, 1.82) is 0 Å². The summed E-state index contributed by atoms with van der Waals surface area (Å²) in [6.07, 6.45) is 2.38. The fourth-order valence-corrected chi connectivity index (χ4v) is 11.5. The Bertz CT molecular complexity index is 3330. The van der Waals surface area contributed by atoms with Gasteiger partial charge >= 0.3 is 0 Å². The fraction of sp³-hybridized carbons (Fsp3) is 0.0645. The van der Waals surface area contributed by atoms with Crippen LogP contribution >= 0.6 is 0 Å². The molecular formula is C62H43N. The van der Waals surface area contributed by atoms with E-state index in [1.165, 1.54) is 107 Å². The SMILES string of the molecule is c1ccc(-c2ccc(N(c3ccc4c(c3)C3(CC3)c3ccccc3-4)c3ccc4c5c(ccc4c3-c3ccccc3)-c3ccccc3C5(c3ccccc3)c3ccccc3)cc2)cc1. The Balaban J connectivity index is 1.10. The molecule has 13 rings (SSSR count). The van der Waals surface area contributed by atoms with Crippen LogP contribution in [0.1, 0.15) is 46.2 Å². The summed E-state index contributed by atoms with van der Waals surface area (Å²) in [4.78, 5) is 2.53. The number of rotatable bonds is 7. The summed E-state index contributed by atoms with van der Waals surface area (Å²) in [6, 6.07) is 88.4. The van der Waals surface area contributed by atoms with E-state index in [1.54, 1.807) is 0 Å². The maximum atomic E-state index is 2.53. The summed E-state index contributed by atoms with van der Waals surface area (Å²) < 4.78 is 0. The van der Waals surface area contributed by atoms with Crippen molar-refractivity contribution in [1.82, 2.24) is 0 Å². The standard InChI is InChI=1S/C62H43N/c1-5-17-42(18-6-1)43-29-31-47(32-30-43)63(48-33-34-51-49-25-13-15-27-55(49)61(39-40-61)57(51)41-48)58-38-37-54-52(59(58)44-19-7-2-8-20-44)35-36-53-50-26-14-16-28-56(50)62(60(53)54,45-21-9-3-10-22-45)46-23-11-4-12-24-46/h1-38,41H,39-40H2. The van der Waals surface area contributed by atoms with Gasteiger partial charge in [0.15, 0.2) is 0 Å². The molecule has 10 aromatic rings. The minimum atomic E-state index is -0.524. The van der Waals surface area contributed by atoms with Crippen molar-refractivity contribution in [2.45, 2.75) is 23.7 Å². The first-order valence-corrected chi connectivity index (χ1v) is 22.3. The third-order valence-corrected chi connectivity index (χ3v) is 14.4. The molecule has 0 unspecified atom stereocenters. The number of fused-ring (bicyclic) bond motifs is 10. The van der Waals surface area contributed by atoms with Gasteiger partial charge < -0.3 is 4.90 Å². The van der Waals surface area contributed by atoms with E-state index >= 15 is 0 Å². The Morgan fingerprint density at radius 1 is 0.333 bits per heavy atom. The minimum absolute atomic E-state index is 0.101. The van der Waals surface area contributed by atoms with Crippen LogP contribution in [0.2, 0.25) is 0 Å². The first-order valence-electron chi connectivity index (χ1n) is 22.3. The third kappa shape index (κ3) is 5.23. The van der Waals surface area contributed by atoms with Crippen molar-refractivity contribution in [3.63, 3.8) is 0 Å². The van der Waals surface area contributed by atoms with Crippen LogP contribution < -0.4 is 4.90 Å². The Morgan fingerprint density at radius 2 is 0.825 bits per heavy atom. The molecule has 1 saturated carbocycles. The zero-order chi connectivity index (χ0) is 41.5. The summed E-state index contributed by atoms with van der Waals surface area (Å²) in [7, 11) is 0. The molecule has 63 heavy (non-hydrogen) atoms. The summed E-state index contributed by atoms with van der Waals surface area (Å²) in [5, 5.41) is 2.50. The number of benzene rings is 10. The van der Waals surface area contributed by atoms with Crippen molar-refractivity contribution in [2.24, 2.45) is 0 Å². The van der Waals surface area contributed by atoms with Gasteiger partial charge in [0.2, 0.25) is 0 Å². The third-order valence-electron chi connectivity index (χ3n) is 14.4. The van der Waals surface area contributed by atoms with Crippen LogP contribution in [-0.2, 0) is 10.8 Å². The molecule has 1 spiro atoms. The maximum Gasteiger partial charge on any atom is 0.0719 e. The zero-order valence-electron chi connectivity index (χ0n) is 34.9. The monoisotopic (exact) mass is 801 g/mol. The van der Waals surface area contributed by atoms with E-state index in [1.807, 2.05) is 0 Å². The lowest BCUT2D eigenvalue weighted by atomic mass is 9.66. The highest BCUT2D eigenvalue weighted by Gasteiger charge is 2.52. The van der Waals surface area contributed by atoms with Gasteiger partial charge in [-0.05, 0) is 126 Å². The van der Waals surface area contributed by atoms with E-state index in [0.29, 0.717) is 0 Å². The molecule has 1 nitrogen and oxygen atoms in total. The van der Waals surface area contributed by atoms with E-state index in [4.69, 9.17) is 0 Å². The van der Waals surface area contributed by atoms with Gasteiger partial charge in [-0.25, -0.2) is 0 Å². The molecule has 0 aromatic heterocycles. The van der Waals surface area contributed by atoms with Crippen molar-refractivity contribution in [2.75, 3.05) is 4.90 Å². The topological polar surface area (TPSA) is 3.24 Å². The Kier molecular flexibility index (Phi) is 7.93. The second kappa shape index (κ2) is 13.9. The van der Waals surface area contributed by atoms with E-state index in [0.717, 1.165) is 11.4 Å². The molecule has 1 fully saturated rings. The van der Waals surface area contributed by atoms with E-state index < -0.39 is 5.41 Å². The van der Waals surface area contributed by atoms with Crippen molar-refractivity contribution in [3.05, 3.63) is 270 Å². The molecule has 0 radical (unpaired) electrons.